The van der Waals surface area contributed by atoms with E-state index in [1.807, 2.05) is 28.8 Å². The predicted octanol–water partition coefficient (Wildman–Crippen LogP) is 3.84. The zero-order valence-electron chi connectivity index (χ0n) is 9.99. The van der Waals surface area contributed by atoms with Crippen LogP contribution in [0.4, 0.5) is 8.78 Å². The van der Waals surface area contributed by atoms with Gasteiger partial charge in [-0.15, -0.1) is 11.8 Å². The van der Waals surface area contributed by atoms with E-state index in [2.05, 4.69) is 28.1 Å². The summed E-state index contributed by atoms with van der Waals surface area (Å²) in [5.74, 6) is 1.38. The molecule has 0 saturated heterocycles. The maximum Gasteiger partial charge on any atom is 0.251 e. The molecule has 1 unspecified atom stereocenters. The summed E-state index contributed by atoms with van der Waals surface area (Å²) in [7, 11) is 0. The lowest BCUT2D eigenvalue weighted by Crippen LogP contribution is -2.34. The molecule has 0 spiro atoms. The summed E-state index contributed by atoms with van der Waals surface area (Å²) in [6.45, 7) is 1.27. The molecule has 0 aliphatic carbocycles. The average Bonchev–Trinajstić information content (AvgIpc) is 2.72. The van der Waals surface area contributed by atoms with Gasteiger partial charge in [-0.05, 0) is 11.6 Å². The first kappa shape index (κ1) is 14.3. The molecule has 0 fully saturated rings. The van der Waals surface area contributed by atoms with Gasteiger partial charge in [0, 0.05) is 35.0 Å². The van der Waals surface area contributed by atoms with Crippen LogP contribution in [0.1, 0.15) is 11.5 Å². The van der Waals surface area contributed by atoms with Crippen LogP contribution in [0.3, 0.4) is 0 Å². The van der Waals surface area contributed by atoms with Crippen LogP contribution in [-0.2, 0) is 0 Å². The highest BCUT2D eigenvalue weighted by Crippen LogP contribution is 2.39. The summed E-state index contributed by atoms with van der Waals surface area (Å²) in [6, 6.07) is 8.29. The van der Waals surface area contributed by atoms with Gasteiger partial charge in [-0.2, -0.15) is 0 Å². The molecule has 0 bridgehead atoms. The number of benzene rings is 1. The van der Waals surface area contributed by atoms with Crippen molar-refractivity contribution in [3.8, 4) is 0 Å². The number of thioether (sulfide) groups is 1. The first-order chi connectivity index (χ1) is 8.70. The molecule has 1 aromatic rings. The van der Waals surface area contributed by atoms with Crippen molar-refractivity contribution in [2.24, 2.45) is 0 Å². The number of hydrogen-bond donors (Lipinski definition) is 0. The molecule has 5 heteroatoms. The maximum absolute atomic E-state index is 12.5. The second-order valence-electron chi connectivity index (χ2n) is 4.39. The van der Waals surface area contributed by atoms with Crippen molar-refractivity contribution in [2.75, 3.05) is 30.7 Å². The third-order valence-corrected chi connectivity index (χ3v) is 4.68. The number of nitrogens with zero attached hydrogens (tertiary/aromatic N) is 1. The van der Waals surface area contributed by atoms with Crippen molar-refractivity contribution < 1.29 is 8.78 Å². The Balaban J connectivity index is 2.00. The largest absolute Gasteiger partial charge is 0.296 e. The quantitative estimate of drug-likeness (QED) is 0.726. The van der Waals surface area contributed by atoms with E-state index >= 15 is 0 Å². The van der Waals surface area contributed by atoms with Crippen molar-refractivity contribution in [3.63, 3.8) is 0 Å². The molecule has 0 saturated carbocycles. The Kier molecular flexibility index (Phi) is 5.45. The van der Waals surface area contributed by atoms with E-state index in [1.165, 1.54) is 10.5 Å². The van der Waals surface area contributed by atoms with Crippen molar-refractivity contribution in [3.05, 3.63) is 29.8 Å². The highest BCUT2D eigenvalue weighted by Gasteiger charge is 2.25. The maximum atomic E-state index is 12.5. The highest BCUT2D eigenvalue weighted by molar-refractivity contribution is 9.09. The van der Waals surface area contributed by atoms with E-state index in [9.17, 15) is 8.78 Å². The van der Waals surface area contributed by atoms with Crippen LogP contribution >= 0.6 is 27.7 Å². The Labute approximate surface area is 119 Å². The Morgan fingerprint density at radius 1 is 1.39 bits per heavy atom. The van der Waals surface area contributed by atoms with Crippen LogP contribution in [0.15, 0.2) is 29.2 Å². The number of alkyl halides is 3. The molecule has 0 amide bonds. The van der Waals surface area contributed by atoms with E-state index in [0.717, 1.165) is 17.6 Å². The van der Waals surface area contributed by atoms with Gasteiger partial charge in [-0.3, -0.25) is 4.90 Å². The fraction of sp³-hybridized carbons (Fsp3) is 0.538. The van der Waals surface area contributed by atoms with Crippen LogP contribution in [0.5, 0.6) is 0 Å². The SMILES string of the molecule is FC(F)CN(CCBr)CC1CSc2ccccc21. The number of halogens is 3. The smallest absolute Gasteiger partial charge is 0.251 e. The predicted molar refractivity (Wildman–Crippen MR) is 76.1 cm³/mol. The molecule has 1 nitrogen and oxygen atoms in total. The van der Waals surface area contributed by atoms with Gasteiger partial charge in [-0.1, -0.05) is 34.1 Å². The standard InChI is InChI=1S/C13H16BrF2NS/c14-5-6-17(8-13(15)16)7-10-9-18-12-4-2-1-3-11(10)12/h1-4,10,13H,5-9H2. The lowest BCUT2D eigenvalue weighted by molar-refractivity contribution is 0.0893. The monoisotopic (exact) mass is 335 g/mol. The summed E-state index contributed by atoms with van der Waals surface area (Å²) in [4.78, 5) is 3.16. The number of rotatable bonds is 6. The van der Waals surface area contributed by atoms with Crippen molar-refractivity contribution >= 4 is 27.7 Å². The van der Waals surface area contributed by atoms with Crippen molar-refractivity contribution in [1.29, 1.82) is 0 Å². The van der Waals surface area contributed by atoms with Gasteiger partial charge in [0.2, 0.25) is 0 Å². The van der Waals surface area contributed by atoms with E-state index in [0.29, 0.717) is 12.5 Å². The fourth-order valence-electron chi connectivity index (χ4n) is 2.26. The molecule has 1 atom stereocenters. The van der Waals surface area contributed by atoms with Crippen LogP contribution in [0, 0.1) is 0 Å². The van der Waals surface area contributed by atoms with Crippen LogP contribution in [0.2, 0.25) is 0 Å². The van der Waals surface area contributed by atoms with E-state index in [1.54, 1.807) is 0 Å². The minimum Gasteiger partial charge on any atom is -0.296 e. The Morgan fingerprint density at radius 2 is 2.17 bits per heavy atom. The Morgan fingerprint density at radius 3 is 2.89 bits per heavy atom. The van der Waals surface area contributed by atoms with Crippen molar-refractivity contribution in [1.82, 2.24) is 4.90 Å². The third kappa shape index (κ3) is 3.68. The molecule has 1 aliphatic rings. The van der Waals surface area contributed by atoms with E-state index in [-0.39, 0.29) is 6.54 Å². The first-order valence-corrected chi connectivity index (χ1v) is 8.09. The molecule has 2 rings (SSSR count). The summed E-state index contributed by atoms with van der Waals surface area (Å²) in [5, 5.41) is 0.737. The van der Waals surface area contributed by atoms with Crippen molar-refractivity contribution in [2.45, 2.75) is 17.2 Å². The van der Waals surface area contributed by atoms with Gasteiger partial charge in [0.15, 0.2) is 0 Å². The third-order valence-electron chi connectivity index (χ3n) is 3.07. The van der Waals surface area contributed by atoms with E-state index in [4.69, 9.17) is 0 Å². The average molecular weight is 336 g/mol. The minimum atomic E-state index is -2.26. The second kappa shape index (κ2) is 6.87. The molecule has 0 aromatic heterocycles. The van der Waals surface area contributed by atoms with Gasteiger partial charge < -0.3 is 0 Å². The molecule has 0 radical (unpaired) electrons. The summed E-state index contributed by atoms with van der Waals surface area (Å²) in [6.07, 6.45) is -2.26. The van der Waals surface area contributed by atoms with Crippen LogP contribution in [-0.4, -0.2) is 42.0 Å². The van der Waals surface area contributed by atoms with Gasteiger partial charge in [0.25, 0.3) is 6.43 Å². The lowest BCUT2D eigenvalue weighted by atomic mass is 10.0. The molecule has 1 aliphatic heterocycles. The topological polar surface area (TPSA) is 3.24 Å². The summed E-state index contributed by atoms with van der Waals surface area (Å²) < 4.78 is 25.0. The Bertz CT molecular complexity index is 389. The number of fused-ring (bicyclic) bond motifs is 1. The summed E-state index contributed by atoms with van der Waals surface area (Å²) in [5.41, 5.74) is 1.32. The molecule has 18 heavy (non-hydrogen) atoms. The lowest BCUT2D eigenvalue weighted by Gasteiger charge is -2.24. The van der Waals surface area contributed by atoms with Gasteiger partial charge in [-0.25, -0.2) is 8.78 Å². The van der Waals surface area contributed by atoms with Gasteiger partial charge >= 0.3 is 0 Å². The Hall–Kier alpha value is -0.130. The molecule has 100 valence electrons. The van der Waals surface area contributed by atoms with Gasteiger partial charge in [0.1, 0.15) is 0 Å². The van der Waals surface area contributed by atoms with Gasteiger partial charge in [0.05, 0.1) is 6.54 Å². The summed E-state index contributed by atoms with van der Waals surface area (Å²) >= 11 is 5.16. The van der Waals surface area contributed by atoms with E-state index < -0.39 is 6.43 Å². The molecule has 1 aromatic carbocycles. The molecule has 0 N–H and O–H groups in total. The number of hydrogen-bond acceptors (Lipinski definition) is 2. The normalized spacial score (nSPS) is 18.6. The zero-order valence-corrected chi connectivity index (χ0v) is 12.4. The first-order valence-electron chi connectivity index (χ1n) is 5.99. The molecule has 1 heterocycles. The molecular weight excluding hydrogens is 320 g/mol. The van der Waals surface area contributed by atoms with Crippen LogP contribution in [0.25, 0.3) is 0 Å². The fourth-order valence-corrected chi connectivity index (χ4v) is 4.01. The second-order valence-corrected chi connectivity index (χ2v) is 6.24. The molecular formula is C13H16BrF2NS. The van der Waals surface area contributed by atoms with Crippen LogP contribution < -0.4 is 0 Å². The zero-order chi connectivity index (χ0) is 13.0. The minimum absolute atomic E-state index is 0.130. The highest BCUT2D eigenvalue weighted by atomic mass is 79.9.